The molecular weight excluding hydrogens is 306 g/mol. The smallest absolute Gasteiger partial charge is 0.313 e. The molecule has 0 bridgehead atoms. The van der Waals surface area contributed by atoms with E-state index in [4.69, 9.17) is 0 Å². The van der Waals surface area contributed by atoms with Crippen molar-refractivity contribution < 1.29 is 0 Å². The molecule has 8 heteroatoms. The number of aromatic nitrogens is 7. The molecule has 24 heavy (non-hydrogen) atoms. The van der Waals surface area contributed by atoms with Gasteiger partial charge in [0.05, 0.1) is 12.2 Å². The van der Waals surface area contributed by atoms with Crippen molar-refractivity contribution in [2.75, 3.05) is 0 Å². The summed E-state index contributed by atoms with van der Waals surface area (Å²) < 4.78 is 1.61. The Morgan fingerprint density at radius 1 is 1.12 bits per heavy atom. The number of imidazole rings is 1. The van der Waals surface area contributed by atoms with Crippen LogP contribution in [-0.4, -0.2) is 35.2 Å². The van der Waals surface area contributed by atoms with Crippen molar-refractivity contribution in [2.24, 2.45) is 0 Å². The van der Waals surface area contributed by atoms with E-state index in [1.54, 1.807) is 23.2 Å². The average Bonchev–Trinajstić information content (AvgIpc) is 3.28. The molecule has 4 aromatic rings. The standard InChI is InChI=1S/C16H13N7O/c24-16-18-8-9-23(16)10-11-3-5-12(6-4-11)14-13(2-1-7-17-14)15-19-21-22-20-15/h1-9H,10H2,(H,18,24)(H,19,20,21,22). The van der Waals surface area contributed by atoms with E-state index >= 15 is 0 Å². The SMILES string of the molecule is O=c1[nH]ccn1Cc1ccc(-c2ncccc2-c2nn[nH]n2)cc1. The topological polar surface area (TPSA) is 105 Å². The van der Waals surface area contributed by atoms with Gasteiger partial charge in [-0.2, -0.15) is 5.21 Å². The second-order valence-corrected chi connectivity index (χ2v) is 5.23. The molecule has 8 nitrogen and oxygen atoms in total. The summed E-state index contributed by atoms with van der Waals surface area (Å²) in [6.07, 6.45) is 5.08. The van der Waals surface area contributed by atoms with E-state index in [9.17, 15) is 4.79 Å². The summed E-state index contributed by atoms with van der Waals surface area (Å²) >= 11 is 0. The lowest BCUT2D eigenvalue weighted by molar-refractivity contribution is 0.762. The number of aromatic amines is 2. The number of nitrogens with one attached hydrogen (secondary N) is 2. The first-order chi connectivity index (χ1) is 11.8. The van der Waals surface area contributed by atoms with Gasteiger partial charge in [0.25, 0.3) is 0 Å². The molecule has 2 N–H and O–H groups in total. The molecular formula is C16H13N7O. The van der Waals surface area contributed by atoms with Gasteiger partial charge in [-0.3, -0.25) is 9.55 Å². The fourth-order valence-electron chi connectivity index (χ4n) is 2.53. The predicted octanol–water partition coefficient (Wildman–Crippen LogP) is 1.47. The van der Waals surface area contributed by atoms with Crippen molar-refractivity contribution in [1.29, 1.82) is 0 Å². The molecule has 3 aromatic heterocycles. The molecule has 0 radical (unpaired) electrons. The minimum atomic E-state index is -0.122. The van der Waals surface area contributed by atoms with Gasteiger partial charge in [0.15, 0.2) is 0 Å². The Morgan fingerprint density at radius 3 is 2.71 bits per heavy atom. The van der Waals surface area contributed by atoms with Crippen LogP contribution in [0.15, 0.2) is 59.8 Å². The highest BCUT2D eigenvalue weighted by Gasteiger charge is 2.12. The number of pyridine rings is 1. The third-order valence-electron chi connectivity index (χ3n) is 3.70. The van der Waals surface area contributed by atoms with Gasteiger partial charge in [-0.25, -0.2) is 4.79 Å². The molecule has 0 saturated carbocycles. The van der Waals surface area contributed by atoms with Crippen LogP contribution in [0.5, 0.6) is 0 Å². The first-order valence-corrected chi connectivity index (χ1v) is 7.33. The summed E-state index contributed by atoms with van der Waals surface area (Å²) in [6.45, 7) is 0.516. The van der Waals surface area contributed by atoms with Crippen LogP contribution in [0.1, 0.15) is 5.56 Å². The minimum absolute atomic E-state index is 0.122. The summed E-state index contributed by atoms with van der Waals surface area (Å²) in [7, 11) is 0. The Morgan fingerprint density at radius 2 is 2.00 bits per heavy atom. The monoisotopic (exact) mass is 319 g/mol. The molecule has 3 heterocycles. The van der Waals surface area contributed by atoms with Crippen molar-refractivity contribution in [3.05, 3.63) is 71.0 Å². The molecule has 0 aliphatic rings. The Kier molecular flexibility index (Phi) is 3.47. The molecule has 4 rings (SSSR count). The fraction of sp³-hybridized carbons (Fsp3) is 0.0625. The van der Waals surface area contributed by atoms with E-state index in [0.29, 0.717) is 12.4 Å². The van der Waals surface area contributed by atoms with E-state index in [0.717, 1.165) is 22.4 Å². The molecule has 0 aliphatic heterocycles. The van der Waals surface area contributed by atoms with Crippen molar-refractivity contribution in [3.63, 3.8) is 0 Å². The van der Waals surface area contributed by atoms with E-state index < -0.39 is 0 Å². The molecule has 0 aliphatic carbocycles. The van der Waals surface area contributed by atoms with E-state index in [2.05, 4.69) is 30.6 Å². The highest BCUT2D eigenvalue weighted by atomic mass is 16.1. The third-order valence-corrected chi connectivity index (χ3v) is 3.70. The van der Waals surface area contributed by atoms with Crippen LogP contribution in [0.3, 0.4) is 0 Å². The van der Waals surface area contributed by atoms with Crippen LogP contribution in [0.2, 0.25) is 0 Å². The van der Waals surface area contributed by atoms with Crippen molar-refractivity contribution in [3.8, 4) is 22.6 Å². The van der Waals surface area contributed by atoms with Crippen LogP contribution in [0, 0.1) is 0 Å². The van der Waals surface area contributed by atoms with Crippen LogP contribution in [0.25, 0.3) is 22.6 Å². The fourth-order valence-corrected chi connectivity index (χ4v) is 2.53. The molecule has 0 amide bonds. The second-order valence-electron chi connectivity index (χ2n) is 5.23. The van der Waals surface area contributed by atoms with Crippen LogP contribution in [-0.2, 0) is 6.54 Å². The number of hydrogen-bond acceptors (Lipinski definition) is 5. The van der Waals surface area contributed by atoms with Gasteiger partial charge in [0.2, 0.25) is 5.82 Å². The second kappa shape index (κ2) is 5.92. The zero-order valence-corrected chi connectivity index (χ0v) is 12.5. The van der Waals surface area contributed by atoms with E-state index in [1.807, 2.05) is 36.4 Å². The van der Waals surface area contributed by atoms with Crippen molar-refractivity contribution in [1.82, 2.24) is 35.2 Å². The van der Waals surface area contributed by atoms with Crippen LogP contribution < -0.4 is 5.69 Å². The van der Waals surface area contributed by atoms with Gasteiger partial charge < -0.3 is 4.98 Å². The highest BCUT2D eigenvalue weighted by molar-refractivity contribution is 5.76. The van der Waals surface area contributed by atoms with Crippen molar-refractivity contribution >= 4 is 0 Å². The van der Waals surface area contributed by atoms with Gasteiger partial charge in [-0.05, 0) is 22.9 Å². The van der Waals surface area contributed by atoms with Gasteiger partial charge in [-0.15, -0.1) is 10.2 Å². The van der Waals surface area contributed by atoms with Gasteiger partial charge in [0.1, 0.15) is 0 Å². The first-order valence-electron chi connectivity index (χ1n) is 7.33. The molecule has 0 atom stereocenters. The van der Waals surface area contributed by atoms with E-state index in [-0.39, 0.29) is 5.69 Å². The van der Waals surface area contributed by atoms with Crippen molar-refractivity contribution in [2.45, 2.75) is 6.54 Å². The number of tetrazole rings is 1. The maximum absolute atomic E-state index is 11.6. The molecule has 1 aromatic carbocycles. The quantitative estimate of drug-likeness (QED) is 0.592. The maximum atomic E-state index is 11.6. The predicted molar refractivity (Wildman–Crippen MR) is 87.0 cm³/mol. The Balaban J connectivity index is 1.67. The van der Waals surface area contributed by atoms with Crippen LogP contribution in [0.4, 0.5) is 0 Å². The van der Waals surface area contributed by atoms with Gasteiger partial charge in [-0.1, -0.05) is 24.3 Å². The molecule has 0 unspecified atom stereocenters. The Hall–Kier alpha value is -3.55. The number of rotatable bonds is 4. The lowest BCUT2D eigenvalue weighted by Gasteiger charge is -2.07. The summed E-state index contributed by atoms with van der Waals surface area (Å²) in [6, 6.07) is 11.6. The number of nitrogens with zero attached hydrogens (tertiary/aromatic N) is 5. The van der Waals surface area contributed by atoms with Crippen LogP contribution >= 0.6 is 0 Å². The number of hydrogen-bond donors (Lipinski definition) is 2. The van der Waals surface area contributed by atoms with Gasteiger partial charge >= 0.3 is 5.69 Å². The molecule has 0 fully saturated rings. The highest BCUT2D eigenvalue weighted by Crippen LogP contribution is 2.27. The first kappa shape index (κ1) is 14.1. The zero-order valence-electron chi connectivity index (χ0n) is 12.5. The molecule has 0 saturated heterocycles. The Bertz CT molecular complexity index is 999. The number of H-pyrrole nitrogens is 2. The average molecular weight is 319 g/mol. The molecule has 0 spiro atoms. The lowest BCUT2D eigenvalue weighted by Crippen LogP contribution is -2.16. The summed E-state index contributed by atoms with van der Waals surface area (Å²) in [5.41, 5.74) is 3.44. The van der Waals surface area contributed by atoms with Gasteiger partial charge in [0, 0.05) is 29.7 Å². The summed E-state index contributed by atoms with van der Waals surface area (Å²) in [5.74, 6) is 0.501. The summed E-state index contributed by atoms with van der Waals surface area (Å²) in [5, 5.41) is 14.1. The normalized spacial score (nSPS) is 10.8. The largest absolute Gasteiger partial charge is 0.325 e. The number of benzene rings is 1. The molecule has 118 valence electrons. The third kappa shape index (κ3) is 2.60. The lowest BCUT2D eigenvalue weighted by atomic mass is 10.0. The summed E-state index contributed by atoms with van der Waals surface area (Å²) in [4.78, 5) is 18.6. The zero-order chi connectivity index (χ0) is 16.4. The minimum Gasteiger partial charge on any atom is -0.313 e. The Labute approximate surface area is 136 Å². The maximum Gasteiger partial charge on any atom is 0.325 e. The van der Waals surface area contributed by atoms with E-state index in [1.165, 1.54) is 0 Å².